The third kappa shape index (κ3) is 12.2. The van der Waals surface area contributed by atoms with Crippen molar-refractivity contribution in [3.63, 3.8) is 0 Å². The van der Waals surface area contributed by atoms with Gasteiger partial charge in [0.25, 0.3) is 0 Å². The van der Waals surface area contributed by atoms with Crippen LogP contribution >= 0.6 is 0 Å². The van der Waals surface area contributed by atoms with Gasteiger partial charge in [-0.15, -0.1) is 0 Å². The lowest BCUT2D eigenvalue weighted by Crippen LogP contribution is -2.58. The second kappa shape index (κ2) is 19.8. The summed E-state index contributed by atoms with van der Waals surface area (Å²) < 4.78 is 238. The Morgan fingerprint density at radius 3 is 0.800 bits per heavy atom. The first-order valence-electron chi connectivity index (χ1n) is 11.3. The monoisotopic (exact) mass is 970 g/mol. The Bertz CT molecular complexity index is 1650. The molecule has 0 atom stereocenters. The van der Waals surface area contributed by atoms with Crippen LogP contribution < -0.4 is 0 Å². The molecule has 0 amide bonds. The molecule has 0 heterocycles. The lowest BCUT2D eigenvalue weighted by Gasteiger charge is -2.21. The molecule has 0 rings (SSSR count). The van der Waals surface area contributed by atoms with E-state index >= 15 is 0 Å². The van der Waals surface area contributed by atoms with Gasteiger partial charge in [0.2, 0.25) is 7.83 Å². The molecule has 0 radical (unpaired) electrons. The molecule has 0 saturated heterocycles. The maximum absolute atomic E-state index is 12.7. The number of rotatable bonds is 21. The minimum absolute atomic E-state index is 1.41. The van der Waals surface area contributed by atoms with Gasteiger partial charge in [0.1, 0.15) is 0 Å². The fourth-order valence-electron chi connectivity index (χ4n) is 2.63. The van der Waals surface area contributed by atoms with Crippen molar-refractivity contribution in [1.82, 2.24) is 0 Å². The first kappa shape index (κ1) is 45.7. The number of hydrogen-bond acceptors (Lipinski definition) is 20. The smallest absolute Gasteiger partial charge is 0.381 e. The van der Waals surface area contributed by atoms with E-state index in [-0.39, 0.29) is 0 Å². The molecule has 0 saturated carbocycles. The molecular formula is C4H14O20Si21. The third-order valence-electron chi connectivity index (χ3n) is 4.71. The topological polar surface area (TPSA) is 334 Å². The van der Waals surface area contributed by atoms with Crippen molar-refractivity contribution in [3.05, 3.63) is 0 Å². The molecule has 20 nitrogen and oxygen atoms in total. The summed E-state index contributed by atoms with van der Waals surface area (Å²) in [5.74, 6) is 0. The first-order valence-corrected chi connectivity index (χ1v) is 62.6. The molecule has 0 N–H and O–H groups in total. The van der Waals surface area contributed by atoms with Gasteiger partial charge in [-0.25, -0.2) is 0 Å². The van der Waals surface area contributed by atoms with Crippen molar-refractivity contribution in [3.8, 4) is 0 Å². The fourth-order valence-corrected chi connectivity index (χ4v) is 227. The predicted molar refractivity (Wildman–Crippen MR) is 161 cm³/mol. The van der Waals surface area contributed by atoms with E-state index in [9.17, 15) is 84.8 Å². The van der Waals surface area contributed by atoms with Gasteiger partial charge in [0, 0.05) is 0 Å². The van der Waals surface area contributed by atoms with E-state index in [1.807, 2.05) is 0 Å². The van der Waals surface area contributed by atoms with Gasteiger partial charge < -0.3 is 88.9 Å². The van der Waals surface area contributed by atoms with Gasteiger partial charge in [0.05, 0.1) is 0 Å². The maximum Gasteiger partial charge on any atom is 0.381 e. The molecule has 45 heavy (non-hydrogen) atoms. The first-order chi connectivity index (χ1) is 20.4. The average molecular weight is 972 g/mol. The van der Waals surface area contributed by atoms with Gasteiger partial charge in [-0.05, 0) is 26.2 Å². The van der Waals surface area contributed by atoms with Gasteiger partial charge in [0.15, 0.2) is 9.04 Å². The SMILES string of the molecule is C[SiH](C)O[Si](C)(C)[Si](=O)[Si](=O)[Si](=O)[Si](=O)[Si](=O)[Si](=O)[Si](=O)[Si](=O)[Si](=O)[Si](=O)[Si](=O)[Si](=O)[Si](=O)[Si](=O)[Si](=O)[Si](=O)[Si](=O)[Si](=O)[SiH]=O. The van der Waals surface area contributed by atoms with Gasteiger partial charge in [-0.3, -0.25) is 0 Å². The predicted octanol–water partition coefficient (Wildman–Crippen LogP) is -8.52. The second-order valence-corrected chi connectivity index (χ2v) is 108. The van der Waals surface area contributed by atoms with E-state index in [1.165, 1.54) is 13.1 Å². The normalized spacial score (nSPS) is 10.4. The van der Waals surface area contributed by atoms with Crippen LogP contribution in [0.4, 0.5) is 0 Å². The Hall–Kier alpha value is 0.715. The Morgan fingerprint density at radius 2 is 0.600 bits per heavy atom. The maximum atomic E-state index is 12.7. The van der Waals surface area contributed by atoms with Gasteiger partial charge >= 0.3 is 148 Å². The molecule has 0 aliphatic carbocycles. The molecule has 0 bridgehead atoms. The molecule has 234 valence electrons. The molecule has 0 spiro atoms. The number of hydrogen-bond donors (Lipinski definition) is 0. The standard InChI is InChI=1S/C4H14O20Si21/c1-26(2)24-45(3,4)44(23)43(22)42(21)41(20)40(19)39(18)38(17)37(16)36(15)35(14)34(13)33(12)32(11)31(10)30(9)29(8)28(7)27(6)25-5/h25-26H,1-4H3. The highest BCUT2D eigenvalue weighted by molar-refractivity contribution is 7.82. The zero-order chi connectivity index (χ0) is 35.9. The Balaban J connectivity index is 5.75. The average Bonchev–Trinajstić information content (AvgIpc) is 3.00. The molecule has 0 unspecified atom stereocenters. The summed E-state index contributed by atoms with van der Waals surface area (Å²) >= 11 is 0. The van der Waals surface area contributed by atoms with E-state index in [4.69, 9.17) is 4.12 Å². The molecule has 0 aliphatic rings. The van der Waals surface area contributed by atoms with Crippen LogP contribution in [-0.2, 0) is 88.9 Å². The van der Waals surface area contributed by atoms with Crippen LogP contribution in [0.25, 0.3) is 0 Å². The molecule has 0 aliphatic heterocycles. The third-order valence-corrected chi connectivity index (χ3v) is 158. The van der Waals surface area contributed by atoms with E-state index in [2.05, 4.69) is 0 Å². The minimum atomic E-state index is -4.38. The van der Waals surface area contributed by atoms with Crippen molar-refractivity contribution in [2.45, 2.75) is 26.2 Å². The van der Waals surface area contributed by atoms with Crippen LogP contribution in [0.1, 0.15) is 0 Å². The van der Waals surface area contributed by atoms with Crippen molar-refractivity contribution >= 4 is 165 Å². The van der Waals surface area contributed by atoms with E-state index in [1.54, 1.807) is 13.1 Å². The van der Waals surface area contributed by atoms with Crippen molar-refractivity contribution in [2.75, 3.05) is 0 Å². The molecular weight excluding hydrogens is 958 g/mol. The molecule has 0 aromatic rings. The Kier molecular flexibility index (Phi) is 20.1. The molecule has 0 aromatic heterocycles. The summed E-state index contributed by atoms with van der Waals surface area (Å²) in [6, 6.07) is 0. The highest BCUT2D eigenvalue weighted by Crippen LogP contribution is 2.07. The van der Waals surface area contributed by atoms with Gasteiger partial charge in [-0.1, -0.05) is 0 Å². The minimum Gasteiger partial charge on any atom is -0.456 e. The summed E-state index contributed by atoms with van der Waals surface area (Å²) in [6.45, 7) is 6.24. The summed E-state index contributed by atoms with van der Waals surface area (Å²) in [6.07, 6.45) is 0. The highest BCUT2D eigenvalue weighted by atomic mass is 30.1. The van der Waals surface area contributed by atoms with Crippen LogP contribution in [0.2, 0.25) is 26.2 Å². The molecule has 0 aromatic carbocycles. The van der Waals surface area contributed by atoms with Crippen LogP contribution in [0.5, 0.6) is 0 Å². The highest BCUT2D eigenvalue weighted by Gasteiger charge is 2.56. The summed E-state index contributed by atoms with van der Waals surface area (Å²) in [5, 5.41) is 0. The van der Waals surface area contributed by atoms with Crippen molar-refractivity contribution < 1.29 is 88.9 Å². The van der Waals surface area contributed by atoms with Gasteiger partial charge in [-0.2, -0.15) is 0 Å². The van der Waals surface area contributed by atoms with E-state index < -0.39 is 165 Å². The van der Waals surface area contributed by atoms with Crippen LogP contribution in [0.15, 0.2) is 0 Å². The quantitative estimate of drug-likeness (QED) is 0.0964. The van der Waals surface area contributed by atoms with Crippen LogP contribution in [-0.4, -0.2) is 165 Å². The van der Waals surface area contributed by atoms with E-state index in [0.717, 1.165) is 0 Å². The van der Waals surface area contributed by atoms with Crippen LogP contribution in [0, 0.1) is 0 Å². The molecule has 41 heteroatoms. The summed E-state index contributed by atoms with van der Waals surface area (Å²) in [4.78, 5) is 0. The lowest BCUT2D eigenvalue weighted by atomic mass is 11.9. The van der Waals surface area contributed by atoms with Crippen LogP contribution in [0.3, 0.4) is 0 Å². The molecule has 0 fully saturated rings. The fraction of sp³-hybridized carbons (Fsp3) is 1.00. The van der Waals surface area contributed by atoms with Crippen molar-refractivity contribution in [2.24, 2.45) is 0 Å². The van der Waals surface area contributed by atoms with Crippen molar-refractivity contribution in [1.29, 1.82) is 0 Å². The summed E-state index contributed by atoms with van der Waals surface area (Å²) in [5.41, 5.74) is 0. The lowest BCUT2D eigenvalue weighted by molar-refractivity contribution is 0.532. The Morgan fingerprint density at radius 1 is 0.400 bits per heavy atom. The zero-order valence-electron chi connectivity index (χ0n) is 22.8. The summed E-state index contributed by atoms with van der Waals surface area (Å²) in [7, 11) is -80.5. The largest absolute Gasteiger partial charge is 0.456 e. The Labute approximate surface area is 277 Å². The van der Waals surface area contributed by atoms with E-state index in [0.29, 0.717) is 0 Å². The zero-order valence-corrected chi connectivity index (χ0v) is 44.1. The second-order valence-electron chi connectivity index (χ2n) is 8.75.